The number of carbonyl (C=O) groups excluding carboxylic acids is 3. The lowest BCUT2D eigenvalue weighted by molar-refractivity contribution is -0.151. The maximum Gasteiger partial charge on any atom is 0.248 e. The number of unbranched alkanes of at least 4 members (excludes halogenated alkanes) is 2. The fourth-order valence-electron chi connectivity index (χ4n) is 6.54. The van der Waals surface area contributed by atoms with Gasteiger partial charge in [0.1, 0.15) is 11.6 Å². The normalized spacial score (nSPS) is 30.8. The van der Waals surface area contributed by atoms with Crippen molar-refractivity contribution >= 4 is 33.7 Å². The van der Waals surface area contributed by atoms with Gasteiger partial charge in [-0.3, -0.25) is 14.4 Å². The lowest BCUT2D eigenvalue weighted by Crippen LogP contribution is -2.59. The van der Waals surface area contributed by atoms with E-state index in [2.05, 4.69) is 36.0 Å². The van der Waals surface area contributed by atoms with Crippen LogP contribution in [0.25, 0.3) is 0 Å². The van der Waals surface area contributed by atoms with Crippen molar-refractivity contribution in [3.05, 3.63) is 25.3 Å². The maximum atomic E-state index is 14.3. The molecule has 8 nitrogen and oxygen atoms in total. The average Bonchev–Trinajstić information content (AvgIpc) is 3.47. The zero-order valence-corrected chi connectivity index (χ0v) is 24.2. The summed E-state index contributed by atoms with van der Waals surface area (Å²) in [6, 6.07) is -1.43. The van der Waals surface area contributed by atoms with E-state index in [9.17, 15) is 19.5 Å². The molecule has 9 heteroatoms. The van der Waals surface area contributed by atoms with Gasteiger partial charge in [-0.05, 0) is 25.7 Å². The number of hydrogen-bond acceptors (Lipinski definition) is 5. The van der Waals surface area contributed by atoms with E-state index in [-0.39, 0.29) is 29.2 Å². The lowest BCUT2D eigenvalue weighted by Gasteiger charge is -2.39. The average molecular weight is 583 g/mol. The largest absolute Gasteiger partial charge is 0.394 e. The van der Waals surface area contributed by atoms with Crippen LogP contribution in [0.3, 0.4) is 0 Å². The van der Waals surface area contributed by atoms with E-state index in [4.69, 9.17) is 4.74 Å². The molecule has 3 unspecified atom stereocenters. The predicted molar refractivity (Wildman–Crippen MR) is 147 cm³/mol. The van der Waals surface area contributed by atoms with Crippen LogP contribution in [0.15, 0.2) is 25.3 Å². The Hall–Kier alpha value is -1.71. The molecule has 3 aliphatic rings. The van der Waals surface area contributed by atoms with Gasteiger partial charge in [0.2, 0.25) is 17.7 Å². The van der Waals surface area contributed by atoms with Crippen LogP contribution in [0.1, 0.15) is 59.3 Å². The molecule has 37 heavy (non-hydrogen) atoms. The quantitative estimate of drug-likeness (QED) is 0.182. The molecule has 0 aromatic heterocycles. The molecule has 0 saturated carbocycles. The second-order valence-electron chi connectivity index (χ2n) is 10.5. The van der Waals surface area contributed by atoms with Crippen molar-refractivity contribution in [3.8, 4) is 0 Å². The van der Waals surface area contributed by atoms with Gasteiger partial charge in [0.15, 0.2) is 0 Å². The molecule has 1 spiro atoms. The predicted octanol–water partition coefficient (Wildman–Crippen LogP) is 3.13. The van der Waals surface area contributed by atoms with E-state index in [1.807, 2.05) is 13.8 Å². The van der Waals surface area contributed by atoms with Crippen LogP contribution in [0.2, 0.25) is 0 Å². The lowest BCUT2D eigenvalue weighted by atomic mass is 9.70. The Morgan fingerprint density at radius 2 is 1.78 bits per heavy atom. The van der Waals surface area contributed by atoms with Crippen LogP contribution < -0.4 is 0 Å². The molecule has 1 N–H and O–H groups in total. The first-order chi connectivity index (χ1) is 17.8. The summed E-state index contributed by atoms with van der Waals surface area (Å²) in [6.45, 7) is 15.3. The van der Waals surface area contributed by atoms with Crippen LogP contribution >= 0.6 is 15.9 Å². The summed E-state index contributed by atoms with van der Waals surface area (Å²) in [4.78, 5) is 47.2. The molecule has 3 aliphatic heterocycles. The summed E-state index contributed by atoms with van der Waals surface area (Å²) in [5, 5.41) is 10.2. The number of fused-ring (bicyclic) bond motifs is 1. The number of aliphatic hydroxyl groups is 1. The highest BCUT2D eigenvalue weighted by Crippen LogP contribution is 2.60. The fraction of sp³-hybridized carbons (Fsp3) is 0.750. The molecule has 0 aliphatic carbocycles. The Morgan fingerprint density at radius 1 is 1.14 bits per heavy atom. The molecule has 0 radical (unpaired) electrons. The second kappa shape index (κ2) is 12.9. The molecule has 3 heterocycles. The standard InChI is InChI=1S/C28H44BrN3O5/c1-6-11-12-16-31(15-9-4)27(36)24-28-17-20(29)23(37-28)21(25(34)30(13-7-2)14-8-3)22(28)26(35)32(24)19(10-5)18-33/h7,9,19-24,33H,2,4,6,8,10-18H2,1,3,5H3/t19-,20?,21-,22-,23-,24?,28?/m0/s1. The van der Waals surface area contributed by atoms with Crippen LogP contribution in [0, 0.1) is 11.8 Å². The van der Waals surface area contributed by atoms with Crippen molar-refractivity contribution in [3.63, 3.8) is 0 Å². The molecule has 2 bridgehead atoms. The molecule has 3 saturated heterocycles. The fourth-order valence-corrected chi connectivity index (χ4v) is 7.48. The Balaban J connectivity index is 2.08. The molecule has 3 fully saturated rings. The summed E-state index contributed by atoms with van der Waals surface area (Å²) in [6.07, 6.45) is 7.50. The molecule has 0 aromatic carbocycles. The van der Waals surface area contributed by atoms with Crippen molar-refractivity contribution in [2.45, 2.75) is 87.9 Å². The van der Waals surface area contributed by atoms with Crippen molar-refractivity contribution in [1.82, 2.24) is 14.7 Å². The van der Waals surface area contributed by atoms with E-state index in [1.54, 1.807) is 26.9 Å². The third-order valence-electron chi connectivity index (χ3n) is 8.17. The van der Waals surface area contributed by atoms with Crippen molar-refractivity contribution in [2.24, 2.45) is 11.8 Å². The third kappa shape index (κ3) is 5.28. The van der Waals surface area contributed by atoms with Crippen LogP contribution in [0.5, 0.6) is 0 Å². The first kappa shape index (κ1) is 29.8. The van der Waals surface area contributed by atoms with Gasteiger partial charge in [0, 0.05) is 31.0 Å². The number of ether oxygens (including phenoxy) is 1. The minimum absolute atomic E-state index is 0.132. The van der Waals surface area contributed by atoms with Gasteiger partial charge in [-0.15, -0.1) is 13.2 Å². The number of likely N-dealkylation sites (tertiary alicyclic amines) is 1. The van der Waals surface area contributed by atoms with Crippen molar-refractivity contribution in [2.75, 3.05) is 32.8 Å². The summed E-state index contributed by atoms with van der Waals surface area (Å²) in [7, 11) is 0. The van der Waals surface area contributed by atoms with E-state index < -0.39 is 35.6 Å². The monoisotopic (exact) mass is 581 g/mol. The Bertz CT molecular complexity index is 865. The van der Waals surface area contributed by atoms with Crippen LogP contribution in [0.4, 0.5) is 0 Å². The molecule has 3 amide bonds. The molecule has 0 aromatic rings. The second-order valence-corrected chi connectivity index (χ2v) is 11.7. The van der Waals surface area contributed by atoms with Gasteiger partial charge < -0.3 is 24.5 Å². The Morgan fingerprint density at radius 3 is 2.32 bits per heavy atom. The minimum Gasteiger partial charge on any atom is -0.394 e. The Labute approximate surface area is 230 Å². The minimum atomic E-state index is -1.12. The van der Waals surface area contributed by atoms with Gasteiger partial charge in [0.05, 0.1) is 30.6 Å². The topological polar surface area (TPSA) is 90.4 Å². The van der Waals surface area contributed by atoms with Crippen molar-refractivity contribution < 1.29 is 24.2 Å². The summed E-state index contributed by atoms with van der Waals surface area (Å²) >= 11 is 3.73. The molecule has 208 valence electrons. The van der Waals surface area contributed by atoms with Crippen LogP contribution in [-0.2, 0) is 19.1 Å². The summed E-state index contributed by atoms with van der Waals surface area (Å²) in [5.41, 5.74) is -1.12. The molecule has 3 rings (SSSR count). The highest BCUT2D eigenvalue weighted by atomic mass is 79.9. The Kier molecular flexibility index (Phi) is 10.4. The van der Waals surface area contributed by atoms with Gasteiger partial charge in [-0.2, -0.15) is 0 Å². The summed E-state index contributed by atoms with van der Waals surface area (Å²) < 4.78 is 6.63. The van der Waals surface area contributed by atoms with E-state index in [0.717, 1.165) is 25.7 Å². The number of rotatable bonds is 15. The highest BCUT2D eigenvalue weighted by Gasteiger charge is 2.77. The zero-order chi connectivity index (χ0) is 27.3. The van der Waals surface area contributed by atoms with E-state index >= 15 is 0 Å². The van der Waals surface area contributed by atoms with Crippen molar-refractivity contribution in [1.29, 1.82) is 0 Å². The first-order valence-corrected chi connectivity index (χ1v) is 14.7. The molecular formula is C28H44BrN3O5. The highest BCUT2D eigenvalue weighted by molar-refractivity contribution is 9.09. The van der Waals surface area contributed by atoms with E-state index in [0.29, 0.717) is 39.0 Å². The van der Waals surface area contributed by atoms with Gasteiger partial charge >= 0.3 is 0 Å². The number of nitrogens with zero attached hydrogens (tertiary/aromatic N) is 3. The summed E-state index contributed by atoms with van der Waals surface area (Å²) in [5.74, 6) is -2.04. The molecular weight excluding hydrogens is 538 g/mol. The SMILES string of the molecule is C=CCN(CCCCC)C(=O)C1N([C@@H](CC)CO)C(=O)[C@@H]2[C@H](C(=O)N(CC=C)CCC)[C@H]3OC12CC3Br. The van der Waals surface area contributed by atoms with E-state index in [1.165, 1.54) is 0 Å². The number of hydrogen-bond donors (Lipinski definition) is 1. The van der Waals surface area contributed by atoms with Gasteiger partial charge in [-0.25, -0.2) is 0 Å². The third-order valence-corrected chi connectivity index (χ3v) is 9.01. The zero-order valence-electron chi connectivity index (χ0n) is 22.6. The maximum absolute atomic E-state index is 14.3. The van der Waals surface area contributed by atoms with Crippen LogP contribution in [-0.4, -0.2) is 98.9 Å². The first-order valence-electron chi connectivity index (χ1n) is 13.8. The number of amides is 3. The number of aliphatic hydroxyl groups excluding tert-OH is 1. The van der Waals surface area contributed by atoms with Gasteiger partial charge in [0.25, 0.3) is 0 Å². The smallest absolute Gasteiger partial charge is 0.248 e. The number of halogens is 1. The van der Waals surface area contributed by atoms with Gasteiger partial charge in [-0.1, -0.05) is 61.7 Å². The number of carbonyl (C=O) groups is 3. The number of alkyl halides is 1. The molecule has 7 atom stereocenters.